The fourth-order valence-corrected chi connectivity index (χ4v) is 1.40. The molecule has 0 saturated carbocycles. The van der Waals surface area contributed by atoms with E-state index in [1.54, 1.807) is 24.3 Å². The van der Waals surface area contributed by atoms with Crippen molar-refractivity contribution in [3.05, 3.63) is 35.4 Å². The van der Waals surface area contributed by atoms with Crippen LogP contribution in [0.15, 0.2) is 24.3 Å². The second-order valence-corrected chi connectivity index (χ2v) is 3.75. The van der Waals surface area contributed by atoms with Gasteiger partial charge in [-0.05, 0) is 12.1 Å². The maximum absolute atomic E-state index is 11.7. The Kier molecular flexibility index (Phi) is 6.04. The van der Waals surface area contributed by atoms with Crippen molar-refractivity contribution in [1.82, 2.24) is 0 Å². The van der Waals surface area contributed by atoms with E-state index >= 15 is 0 Å². The van der Waals surface area contributed by atoms with Crippen LogP contribution in [0.25, 0.3) is 0 Å². The molecule has 0 aliphatic rings. The molecule has 0 aliphatic heterocycles. The van der Waals surface area contributed by atoms with Crippen LogP contribution in [-0.2, 0) is 14.3 Å². The number of rotatable bonds is 5. The first-order chi connectivity index (χ1) is 9.17. The van der Waals surface area contributed by atoms with Gasteiger partial charge in [0.15, 0.2) is 5.78 Å². The maximum atomic E-state index is 11.7. The zero-order valence-corrected chi connectivity index (χ0v) is 10.6. The highest BCUT2D eigenvalue weighted by Crippen LogP contribution is 2.08. The molecule has 0 N–H and O–H groups in total. The Balaban J connectivity index is 2.61. The lowest BCUT2D eigenvalue weighted by Crippen LogP contribution is -2.05. The lowest BCUT2D eigenvalue weighted by molar-refractivity contribution is -0.140. The third kappa shape index (κ3) is 5.17. The molecule has 0 saturated heterocycles. The summed E-state index contributed by atoms with van der Waals surface area (Å²) >= 11 is 0. The number of esters is 1. The van der Waals surface area contributed by atoms with Gasteiger partial charge in [-0.2, -0.15) is 0 Å². The van der Waals surface area contributed by atoms with Crippen LogP contribution >= 0.6 is 0 Å². The predicted octanol–water partition coefficient (Wildman–Crippen LogP) is 1.76. The normalized spacial score (nSPS) is 9.11. The van der Waals surface area contributed by atoms with E-state index < -0.39 is 5.97 Å². The van der Waals surface area contributed by atoms with E-state index in [9.17, 15) is 14.4 Å². The average molecular weight is 258 g/mol. The minimum absolute atomic E-state index is 0.0796. The summed E-state index contributed by atoms with van der Waals surface area (Å²) in [7, 11) is 1.29. The fourth-order valence-electron chi connectivity index (χ4n) is 1.40. The Labute approximate surface area is 111 Å². The predicted molar refractivity (Wildman–Crippen MR) is 69.6 cm³/mol. The van der Waals surface area contributed by atoms with Crippen LogP contribution in [0.2, 0.25) is 0 Å². The number of methoxy groups -OCH3 is 1. The van der Waals surface area contributed by atoms with Gasteiger partial charge in [0, 0.05) is 17.5 Å². The summed E-state index contributed by atoms with van der Waals surface area (Å²) in [4.78, 5) is 32.8. The highest BCUT2D eigenvalue weighted by atomic mass is 16.5. The van der Waals surface area contributed by atoms with Gasteiger partial charge in [-0.3, -0.25) is 9.59 Å². The molecule has 4 nitrogen and oxygen atoms in total. The monoisotopic (exact) mass is 258 g/mol. The van der Waals surface area contributed by atoms with E-state index in [0.29, 0.717) is 5.56 Å². The molecule has 0 amide bonds. The third-order valence-electron chi connectivity index (χ3n) is 2.41. The molecule has 0 radical (unpaired) electrons. The smallest absolute Gasteiger partial charge is 0.305 e. The molecule has 0 bridgehead atoms. The maximum Gasteiger partial charge on any atom is 0.305 e. The average Bonchev–Trinajstić information content (AvgIpc) is 2.45. The summed E-state index contributed by atoms with van der Waals surface area (Å²) in [6.45, 7) is 0. The quantitative estimate of drug-likeness (QED) is 0.349. The van der Waals surface area contributed by atoms with Gasteiger partial charge >= 0.3 is 5.97 Å². The lowest BCUT2D eigenvalue weighted by atomic mass is 10.0. The number of hydrogen-bond acceptors (Lipinski definition) is 4. The first kappa shape index (κ1) is 14.7. The molecule has 0 spiro atoms. The molecule has 0 aliphatic carbocycles. The summed E-state index contributed by atoms with van der Waals surface area (Å²) in [6.07, 6.45) is 1.14. The molecule has 98 valence electrons. The van der Waals surface area contributed by atoms with Crippen LogP contribution < -0.4 is 0 Å². The Morgan fingerprint density at radius 1 is 1.21 bits per heavy atom. The molecule has 0 atom stereocenters. The van der Waals surface area contributed by atoms with Crippen LogP contribution in [-0.4, -0.2) is 25.1 Å². The van der Waals surface area contributed by atoms with Crippen LogP contribution in [0.1, 0.15) is 35.2 Å². The van der Waals surface area contributed by atoms with E-state index in [0.717, 1.165) is 11.8 Å². The SMILES string of the molecule is COC(=O)CCC(=O)c1ccc(C#CCC=O)cc1. The summed E-state index contributed by atoms with van der Waals surface area (Å²) in [6, 6.07) is 6.74. The van der Waals surface area contributed by atoms with Gasteiger partial charge in [-0.25, -0.2) is 0 Å². The number of carbonyl (C=O) groups excluding carboxylic acids is 3. The molecule has 4 heteroatoms. The van der Waals surface area contributed by atoms with Gasteiger partial charge < -0.3 is 9.53 Å². The molecule has 0 unspecified atom stereocenters. The molecule has 1 aromatic rings. The molecule has 1 rings (SSSR count). The lowest BCUT2D eigenvalue weighted by Gasteiger charge is -2.00. The van der Waals surface area contributed by atoms with Gasteiger partial charge in [0.2, 0.25) is 0 Å². The van der Waals surface area contributed by atoms with Crippen molar-refractivity contribution in [3.8, 4) is 11.8 Å². The van der Waals surface area contributed by atoms with E-state index in [1.165, 1.54) is 7.11 Å². The minimum Gasteiger partial charge on any atom is -0.469 e. The summed E-state index contributed by atoms with van der Waals surface area (Å²) < 4.78 is 4.47. The van der Waals surface area contributed by atoms with E-state index in [1.807, 2.05) is 0 Å². The van der Waals surface area contributed by atoms with Crippen molar-refractivity contribution in [2.45, 2.75) is 19.3 Å². The van der Waals surface area contributed by atoms with Crippen molar-refractivity contribution in [3.63, 3.8) is 0 Å². The third-order valence-corrected chi connectivity index (χ3v) is 2.41. The Bertz CT molecular complexity index is 517. The Morgan fingerprint density at radius 3 is 2.47 bits per heavy atom. The molecule has 1 aromatic carbocycles. The highest BCUT2D eigenvalue weighted by Gasteiger charge is 2.08. The van der Waals surface area contributed by atoms with Crippen LogP contribution in [0.3, 0.4) is 0 Å². The number of ketones is 1. The van der Waals surface area contributed by atoms with Crippen LogP contribution in [0.4, 0.5) is 0 Å². The van der Waals surface area contributed by atoms with Crippen molar-refractivity contribution in [2.24, 2.45) is 0 Å². The molecule has 0 fully saturated rings. The molecule has 0 heterocycles. The Hall–Kier alpha value is -2.41. The summed E-state index contributed by atoms with van der Waals surface area (Å²) in [5, 5.41) is 0. The van der Waals surface area contributed by atoms with Gasteiger partial charge in [0.25, 0.3) is 0 Å². The molecule has 19 heavy (non-hydrogen) atoms. The number of Topliss-reactive ketones (excluding diaryl/α,β-unsaturated/α-hetero) is 1. The van der Waals surface area contributed by atoms with Gasteiger partial charge in [0.1, 0.15) is 6.29 Å². The zero-order chi connectivity index (χ0) is 14.1. The van der Waals surface area contributed by atoms with Crippen molar-refractivity contribution in [2.75, 3.05) is 7.11 Å². The first-order valence-corrected chi connectivity index (χ1v) is 5.80. The standard InChI is InChI=1S/C15H14O4/c1-19-15(18)10-9-14(17)13-7-5-12(6-8-13)4-2-3-11-16/h5-8,11H,3,9-10H2,1H3. The number of benzene rings is 1. The number of aldehydes is 1. The summed E-state index contributed by atoms with van der Waals surface area (Å²) in [5.41, 5.74) is 1.27. The van der Waals surface area contributed by atoms with Gasteiger partial charge in [0.05, 0.1) is 20.0 Å². The number of hydrogen-bond donors (Lipinski definition) is 0. The second-order valence-electron chi connectivity index (χ2n) is 3.75. The molecular weight excluding hydrogens is 244 g/mol. The van der Waals surface area contributed by atoms with Gasteiger partial charge in [-0.1, -0.05) is 24.0 Å². The first-order valence-electron chi connectivity index (χ1n) is 5.80. The van der Waals surface area contributed by atoms with Crippen molar-refractivity contribution < 1.29 is 19.1 Å². The topological polar surface area (TPSA) is 60.4 Å². The second kappa shape index (κ2) is 7.83. The Morgan fingerprint density at radius 2 is 1.89 bits per heavy atom. The van der Waals surface area contributed by atoms with E-state index in [4.69, 9.17) is 0 Å². The summed E-state index contributed by atoms with van der Waals surface area (Å²) in [5.74, 6) is 4.98. The highest BCUT2D eigenvalue weighted by molar-refractivity contribution is 5.97. The number of carbonyl (C=O) groups is 3. The van der Waals surface area contributed by atoms with Gasteiger partial charge in [-0.15, -0.1) is 0 Å². The fraction of sp³-hybridized carbons (Fsp3) is 0.267. The van der Waals surface area contributed by atoms with Crippen molar-refractivity contribution >= 4 is 18.0 Å². The van der Waals surface area contributed by atoms with E-state index in [-0.39, 0.29) is 25.0 Å². The molecule has 0 aromatic heterocycles. The van der Waals surface area contributed by atoms with Crippen LogP contribution in [0.5, 0.6) is 0 Å². The van der Waals surface area contributed by atoms with E-state index in [2.05, 4.69) is 16.6 Å². The van der Waals surface area contributed by atoms with Crippen molar-refractivity contribution in [1.29, 1.82) is 0 Å². The number of ether oxygens (including phenoxy) is 1. The van der Waals surface area contributed by atoms with Crippen LogP contribution in [0, 0.1) is 11.8 Å². The minimum atomic E-state index is -0.398. The largest absolute Gasteiger partial charge is 0.469 e. The molecular formula is C15H14O4. The zero-order valence-electron chi connectivity index (χ0n) is 10.6.